The molecule has 2 rings (SSSR count). The normalized spacial score (nSPS) is 14.0. The fraction of sp³-hybridized carbons (Fsp3) is 0.500. The zero-order valence-electron chi connectivity index (χ0n) is 11.3. The van der Waals surface area contributed by atoms with Crippen LogP contribution in [0.1, 0.15) is 18.4 Å². The number of nitro groups is 1. The lowest BCUT2D eigenvalue weighted by molar-refractivity contribution is -0.384. The van der Waals surface area contributed by atoms with Crippen molar-refractivity contribution in [2.24, 2.45) is 5.92 Å². The molecule has 1 fully saturated rings. The van der Waals surface area contributed by atoms with E-state index in [9.17, 15) is 14.9 Å². The molecule has 20 heavy (non-hydrogen) atoms. The highest BCUT2D eigenvalue weighted by molar-refractivity contribution is 5.80. The Morgan fingerprint density at radius 2 is 1.90 bits per heavy atom. The Morgan fingerprint density at radius 3 is 2.50 bits per heavy atom. The molecule has 0 saturated heterocycles. The molecule has 0 spiro atoms. The molecule has 6 nitrogen and oxygen atoms in total. The monoisotopic (exact) mass is 277 g/mol. The van der Waals surface area contributed by atoms with Crippen LogP contribution in [0.5, 0.6) is 0 Å². The van der Waals surface area contributed by atoms with Crippen LogP contribution in [0.25, 0.3) is 0 Å². The van der Waals surface area contributed by atoms with E-state index in [0.717, 1.165) is 37.9 Å². The van der Waals surface area contributed by atoms with E-state index < -0.39 is 4.92 Å². The Kier molecular flexibility index (Phi) is 5.06. The van der Waals surface area contributed by atoms with Gasteiger partial charge in [-0.3, -0.25) is 14.9 Å². The molecular weight excluding hydrogens is 258 g/mol. The van der Waals surface area contributed by atoms with Crippen molar-refractivity contribution in [2.75, 3.05) is 19.6 Å². The van der Waals surface area contributed by atoms with Crippen LogP contribution in [0, 0.1) is 16.0 Å². The third-order valence-electron chi connectivity index (χ3n) is 3.29. The van der Waals surface area contributed by atoms with Crippen LogP contribution < -0.4 is 10.6 Å². The quantitative estimate of drug-likeness (QED) is 0.425. The van der Waals surface area contributed by atoms with Gasteiger partial charge in [-0.1, -0.05) is 12.1 Å². The van der Waals surface area contributed by atoms with E-state index in [1.165, 1.54) is 12.1 Å². The van der Waals surface area contributed by atoms with E-state index in [4.69, 9.17) is 0 Å². The summed E-state index contributed by atoms with van der Waals surface area (Å²) in [5.41, 5.74) is 1.18. The second-order valence-electron chi connectivity index (χ2n) is 4.99. The topological polar surface area (TPSA) is 84.3 Å². The number of nitro benzene ring substituents is 1. The van der Waals surface area contributed by atoms with E-state index in [2.05, 4.69) is 10.6 Å². The van der Waals surface area contributed by atoms with Gasteiger partial charge < -0.3 is 10.6 Å². The first kappa shape index (κ1) is 14.5. The van der Waals surface area contributed by atoms with Gasteiger partial charge in [0, 0.05) is 31.1 Å². The number of nitrogens with zero attached hydrogens (tertiary/aromatic N) is 1. The average molecular weight is 277 g/mol. The highest BCUT2D eigenvalue weighted by atomic mass is 16.6. The second kappa shape index (κ2) is 7.00. The number of benzene rings is 1. The molecule has 0 radical (unpaired) electrons. The van der Waals surface area contributed by atoms with Crippen molar-refractivity contribution in [3.63, 3.8) is 0 Å². The van der Waals surface area contributed by atoms with Gasteiger partial charge in [-0.25, -0.2) is 0 Å². The van der Waals surface area contributed by atoms with Crippen LogP contribution in [-0.2, 0) is 11.2 Å². The first-order valence-corrected chi connectivity index (χ1v) is 6.88. The predicted molar refractivity (Wildman–Crippen MR) is 75.4 cm³/mol. The van der Waals surface area contributed by atoms with Gasteiger partial charge >= 0.3 is 0 Å². The fourth-order valence-corrected chi connectivity index (χ4v) is 1.91. The molecule has 1 aliphatic rings. The molecule has 0 atom stereocenters. The first-order chi connectivity index (χ1) is 9.66. The molecule has 0 aromatic heterocycles. The number of non-ortho nitro benzene ring substituents is 1. The number of rotatable bonds is 8. The third kappa shape index (κ3) is 4.62. The Bertz CT molecular complexity index is 469. The molecule has 1 saturated carbocycles. The Hall–Kier alpha value is -1.95. The minimum Gasteiger partial charge on any atom is -0.355 e. The highest BCUT2D eigenvalue weighted by Crippen LogP contribution is 2.28. The first-order valence-electron chi connectivity index (χ1n) is 6.88. The smallest absolute Gasteiger partial charge is 0.269 e. The molecule has 1 aliphatic carbocycles. The zero-order chi connectivity index (χ0) is 14.4. The number of amides is 1. The Balaban J connectivity index is 1.56. The lowest BCUT2D eigenvalue weighted by Gasteiger charge is -2.06. The standard InChI is InChI=1S/C14H19N3O3/c18-14(12-3-4-12)16-10-9-15-8-7-11-1-5-13(6-2-11)17(19)20/h1-2,5-6,12,15H,3-4,7-10H2,(H,16,18). The summed E-state index contributed by atoms with van der Waals surface area (Å²) in [6.07, 6.45) is 2.87. The van der Waals surface area contributed by atoms with Crippen molar-refractivity contribution in [1.29, 1.82) is 0 Å². The number of carbonyl (C=O) groups excluding carboxylic acids is 1. The molecule has 1 aromatic carbocycles. The molecule has 0 unspecified atom stereocenters. The van der Waals surface area contributed by atoms with Crippen LogP contribution in [0.2, 0.25) is 0 Å². The van der Waals surface area contributed by atoms with E-state index >= 15 is 0 Å². The molecule has 6 heteroatoms. The van der Waals surface area contributed by atoms with Crippen molar-refractivity contribution in [2.45, 2.75) is 19.3 Å². The molecule has 2 N–H and O–H groups in total. The molecule has 108 valence electrons. The molecule has 0 heterocycles. The van der Waals surface area contributed by atoms with Crippen molar-refractivity contribution in [1.82, 2.24) is 10.6 Å². The van der Waals surface area contributed by atoms with Crippen molar-refractivity contribution in [3.05, 3.63) is 39.9 Å². The summed E-state index contributed by atoms with van der Waals surface area (Å²) in [6, 6.07) is 6.58. The highest BCUT2D eigenvalue weighted by Gasteiger charge is 2.28. The maximum absolute atomic E-state index is 11.4. The number of hydrogen-bond donors (Lipinski definition) is 2. The predicted octanol–water partition coefficient (Wildman–Crippen LogP) is 1.25. The molecular formula is C14H19N3O3. The number of carbonyl (C=O) groups is 1. The maximum atomic E-state index is 11.4. The van der Waals surface area contributed by atoms with E-state index in [-0.39, 0.29) is 17.5 Å². The van der Waals surface area contributed by atoms with Gasteiger partial charge in [0.25, 0.3) is 5.69 Å². The van der Waals surface area contributed by atoms with Gasteiger partial charge in [-0.15, -0.1) is 0 Å². The molecule has 1 aromatic rings. The van der Waals surface area contributed by atoms with Gasteiger partial charge in [-0.05, 0) is 31.4 Å². The largest absolute Gasteiger partial charge is 0.355 e. The Labute approximate surface area is 117 Å². The summed E-state index contributed by atoms with van der Waals surface area (Å²) in [5, 5.41) is 16.6. The van der Waals surface area contributed by atoms with Crippen molar-refractivity contribution >= 4 is 11.6 Å². The van der Waals surface area contributed by atoms with E-state index in [1.54, 1.807) is 12.1 Å². The van der Waals surface area contributed by atoms with Gasteiger partial charge in [0.1, 0.15) is 0 Å². The van der Waals surface area contributed by atoms with Crippen molar-refractivity contribution < 1.29 is 9.72 Å². The SMILES string of the molecule is O=C(NCCNCCc1ccc([N+](=O)[O-])cc1)C1CC1. The average Bonchev–Trinajstić information content (AvgIpc) is 3.27. The van der Waals surface area contributed by atoms with Crippen LogP contribution in [0.15, 0.2) is 24.3 Å². The van der Waals surface area contributed by atoms with E-state index in [0.29, 0.717) is 6.54 Å². The summed E-state index contributed by atoms with van der Waals surface area (Å²) in [5.74, 6) is 0.428. The lowest BCUT2D eigenvalue weighted by Crippen LogP contribution is -2.33. The van der Waals surface area contributed by atoms with Gasteiger partial charge in [0.15, 0.2) is 0 Å². The van der Waals surface area contributed by atoms with Crippen LogP contribution in [-0.4, -0.2) is 30.5 Å². The van der Waals surface area contributed by atoms with Crippen LogP contribution in [0.3, 0.4) is 0 Å². The van der Waals surface area contributed by atoms with Crippen molar-refractivity contribution in [3.8, 4) is 0 Å². The summed E-state index contributed by atoms with van der Waals surface area (Å²) < 4.78 is 0. The van der Waals surface area contributed by atoms with Gasteiger partial charge in [0.05, 0.1) is 4.92 Å². The van der Waals surface area contributed by atoms with Gasteiger partial charge in [-0.2, -0.15) is 0 Å². The molecule has 0 aliphatic heterocycles. The second-order valence-corrected chi connectivity index (χ2v) is 4.99. The van der Waals surface area contributed by atoms with E-state index in [1.807, 2.05) is 0 Å². The fourth-order valence-electron chi connectivity index (χ4n) is 1.91. The lowest BCUT2D eigenvalue weighted by atomic mass is 10.1. The number of nitrogens with one attached hydrogen (secondary N) is 2. The summed E-state index contributed by atoms with van der Waals surface area (Å²) in [6.45, 7) is 2.18. The minimum absolute atomic E-state index is 0.115. The Morgan fingerprint density at radius 1 is 1.20 bits per heavy atom. The maximum Gasteiger partial charge on any atom is 0.269 e. The minimum atomic E-state index is -0.398. The van der Waals surface area contributed by atoms with Gasteiger partial charge in [0.2, 0.25) is 5.91 Å². The summed E-state index contributed by atoms with van der Waals surface area (Å²) >= 11 is 0. The number of hydrogen-bond acceptors (Lipinski definition) is 4. The summed E-state index contributed by atoms with van der Waals surface area (Å²) in [7, 11) is 0. The molecule has 0 bridgehead atoms. The third-order valence-corrected chi connectivity index (χ3v) is 3.29. The summed E-state index contributed by atoms with van der Waals surface area (Å²) in [4.78, 5) is 21.5. The van der Waals surface area contributed by atoms with Crippen LogP contribution in [0.4, 0.5) is 5.69 Å². The van der Waals surface area contributed by atoms with Crippen LogP contribution >= 0.6 is 0 Å². The molecule has 1 amide bonds. The zero-order valence-corrected chi connectivity index (χ0v) is 11.3.